The van der Waals surface area contributed by atoms with Crippen molar-refractivity contribution in [2.24, 2.45) is 0 Å². The van der Waals surface area contributed by atoms with E-state index in [9.17, 15) is 0 Å². The van der Waals surface area contributed by atoms with Crippen LogP contribution in [0.15, 0.2) is 24.5 Å². The van der Waals surface area contributed by atoms with Crippen molar-refractivity contribution in [3.8, 4) is 11.8 Å². The molecular formula is C11H10N2. The van der Waals surface area contributed by atoms with Crippen LogP contribution in [0.2, 0.25) is 0 Å². The van der Waals surface area contributed by atoms with Gasteiger partial charge in [0.1, 0.15) is 0 Å². The molecule has 0 bridgehead atoms. The fourth-order valence-electron chi connectivity index (χ4n) is 1.20. The number of hydrogen-bond donors (Lipinski definition) is 1. The lowest BCUT2D eigenvalue weighted by atomic mass is 10.2. The van der Waals surface area contributed by atoms with Crippen molar-refractivity contribution in [3.05, 3.63) is 30.1 Å². The van der Waals surface area contributed by atoms with Gasteiger partial charge in [-0.05, 0) is 18.2 Å². The first kappa shape index (κ1) is 7.88. The zero-order valence-electron chi connectivity index (χ0n) is 7.46. The molecule has 1 N–H and O–H groups in total. The van der Waals surface area contributed by atoms with Gasteiger partial charge in [-0.3, -0.25) is 0 Å². The Bertz CT molecular complexity index is 471. The van der Waals surface area contributed by atoms with E-state index in [1.807, 2.05) is 25.1 Å². The first-order valence-electron chi connectivity index (χ1n) is 4.32. The first-order valence-corrected chi connectivity index (χ1v) is 4.32. The molecular weight excluding hydrogens is 160 g/mol. The lowest BCUT2D eigenvalue weighted by Gasteiger charge is -1.89. The van der Waals surface area contributed by atoms with Crippen LogP contribution in [-0.2, 0) is 0 Å². The Morgan fingerprint density at radius 1 is 1.46 bits per heavy atom. The summed E-state index contributed by atoms with van der Waals surface area (Å²) in [6.45, 7) is 2.04. The fraction of sp³-hybridized carbons (Fsp3) is 0.182. The van der Waals surface area contributed by atoms with Crippen molar-refractivity contribution in [3.63, 3.8) is 0 Å². The third kappa shape index (κ3) is 1.54. The summed E-state index contributed by atoms with van der Waals surface area (Å²) in [6, 6.07) is 6.00. The molecule has 0 saturated heterocycles. The van der Waals surface area contributed by atoms with Gasteiger partial charge in [-0.25, -0.2) is 4.98 Å². The predicted molar refractivity (Wildman–Crippen MR) is 53.3 cm³/mol. The predicted octanol–water partition coefficient (Wildman–Crippen LogP) is 2.32. The van der Waals surface area contributed by atoms with Gasteiger partial charge in [0, 0.05) is 12.0 Å². The number of hydrogen-bond acceptors (Lipinski definition) is 1. The first-order chi connectivity index (χ1) is 6.40. The zero-order valence-corrected chi connectivity index (χ0v) is 7.46. The third-order valence-corrected chi connectivity index (χ3v) is 1.83. The molecule has 1 aromatic carbocycles. The summed E-state index contributed by atoms with van der Waals surface area (Å²) in [4.78, 5) is 7.21. The smallest absolute Gasteiger partial charge is 0.0931 e. The number of benzene rings is 1. The average molecular weight is 170 g/mol. The molecule has 64 valence electrons. The number of nitrogens with zero attached hydrogens (tertiary/aromatic N) is 1. The molecule has 13 heavy (non-hydrogen) atoms. The van der Waals surface area contributed by atoms with E-state index in [0.29, 0.717) is 0 Å². The fourth-order valence-corrected chi connectivity index (χ4v) is 1.20. The van der Waals surface area contributed by atoms with E-state index >= 15 is 0 Å². The topological polar surface area (TPSA) is 28.7 Å². The van der Waals surface area contributed by atoms with Crippen LogP contribution in [0.5, 0.6) is 0 Å². The zero-order chi connectivity index (χ0) is 9.10. The average Bonchev–Trinajstić information content (AvgIpc) is 2.61. The standard InChI is InChI=1S/C11H10N2/c1-2-3-4-9-5-6-10-11(7-9)13-8-12-10/h5-8H,2H2,1H3,(H,12,13). The molecule has 0 aliphatic rings. The van der Waals surface area contributed by atoms with Crippen LogP contribution in [0, 0.1) is 11.8 Å². The number of aromatic amines is 1. The molecule has 0 spiro atoms. The van der Waals surface area contributed by atoms with Gasteiger partial charge in [-0.15, -0.1) is 0 Å². The highest BCUT2D eigenvalue weighted by molar-refractivity contribution is 5.76. The van der Waals surface area contributed by atoms with Crippen molar-refractivity contribution in [2.45, 2.75) is 13.3 Å². The van der Waals surface area contributed by atoms with Crippen molar-refractivity contribution < 1.29 is 0 Å². The number of H-pyrrole nitrogens is 1. The SMILES string of the molecule is CCC#Cc1ccc2[nH]cnc2c1. The van der Waals surface area contributed by atoms with Crippen molar-refractivity contribution in [2.75, 3.05) is 0 Å². The van der Waals surface area contributed by atoms with Gasteiger partial charge in [0.2, 0.25) is 0 Å². The summed E-state index contributed by atoms with van der Waals surface area (Å²) in [6.07, 6.45) is 2.58. The monoisotopic (exact) mass is 170 g/mol. The number of aromatic nitrogens is 2. The Labute approximate surface area is 77.0 Å². The van der Waals surface area contributed by atoms with E-state index in [-0.39, 0.29) is 0 Å². The molecule has 0 amide bonds. The molecule has 2 rings (SSSR count). The van der Waals surface area contributed by atoms with Crippen molar-refractivity contribution in [1.29, 1.82) is 0 Å². The Kier molecular flexibility index (Phi) is 2.01. The third-order valence-electron chi connectivity index (χ3n) is 1.83. The number of rotatable bonds is 0. The summed E-state index contributed by atoms with van der Waals surface area (Å²) in [7, 11) is 0. The molecule has 0 fully saturated rings. The Balaban J connectivity index is 2.48. The largest absolute Gasteiger partial charge is 0.345 e. The van der Waals surface area contributed by atoms with E-state index in [0.717, 1.165) is 23.0 Å². The second-order valence-corrected chi connectivity index (χ2v) is 2.79. The van der Waals surface area contributed by atoms with Crippen LogP contribution >= 0.6 is 0 Å². The molecule has 0 atom stereocenters. The van der Waals surface area contributed by atoms with Gasteiger partial charge in [-0.2, -0.15) is 0 Å². The lowest BCUT2D eigenvalue weighted by molar-refractivity contribution is 1.28. The minimum atomic E-state index is 0.888. The summed E-state index contributed by atoms with van der Waals surface area (Å²) in [5.41, 5.74) is 3.06. The molecule has 0 radical (unpaired) electrons. The normalized spacial score (nSPS) is 9.62. The van der Waals surface area contributed by atoms with Crippen LogP contribution in [0.4, 0.5) is 0 Å². The molecule has 2 nitrogen and oxygen atoms in total. The van der Waals surface area contributed by atoms with E-state index in [1.165, 1.54) is 0 Å². The highest BCUT2D eigenvalue weighted by atomic mass is 14.9. The van der Waals surface area contributed by atoms with Crippen LogP contribution in [0.3, 0.4) is 0 Å². The molecule has 2 aromatic rings. The summed E-state index contributed by atoms with van der Waals surface area (Å²) < 4.78 is 0. The minimum Gasteiger partial charge on any atom is -0.345 e. The quantitative estimate of drug-likeness (QED) is 0.604. The summed E-state index contributed by atoms with van der Waals surface area (Å²) >= 11 is 0. The van der Waals surface area contributed by atoms with E-state index in [4.69, 9.17) is 0 Å². The molecule has 0 aliphatic heterocycles. The highest BCUT2D eigenvalue weighted by Gasteiger charge is 1.94. The molecule has 0 saturated carbocycles. The van der Waals surface area contributed by atoms with Gasteiger partial charge in [0.15, 0.2) is 0 Å². The molecule has 1 heterocycles. The van der Waals surface area contributed by atoms with E-state index in [2.05, 4.69) is 21.8 Å². The molecule has 2 heteroatoms. The Hall–Kier alpha value is -1.75. The van der Waals surface area contributed by atoms with Gasteiger partial charge in [0.05, 0.1) is 17.4 Å². The summed E-state index contributed by atoms with van der Waals surface area (Å²) in [5.74, 6) is 6.11. The maximum atomic E-state index is 4.16. The van der Waals surface area contributed by atoms with Crippen molar-refractivity contribution in [1.82, 2.24) is 9.97 Å². The van der Waals surface area contributed by atoms with Gasteiger partial charge in [-0.1, -0.05) is 18.8 Å². The number of fused-ring (bicyclic) bond motifs is 1. The number of nitrogens with one attached hydrogen (secondary N) is 1. The molecule has 0 unspecified atom stereocenters. The molecule has 1 aromatic heterocycles. The minimum absolute atomic E-state index is 0.888. The van der Waals surface area contributed by atoms with Crippen LogP contribution in [-0.4, -0.2) is 9.97 Å². The Morgan fingerprint density at radius 3 is 3.23 bits per heavy atom. The molecule has 0 aliphatic carbocycles. The number of imidazole rings is 1. The van der Waals surface area contributed by atoms with Crippen LogP contribution < -0.4 is 0 Å². The van der Waals surface area contributed by atoms with Crippen molar-refractivity contribution >= 4 is 11.0 Å². The van der Waals surface area contributed by atoms with E-state index in [1.54, 1.807) is 6.33 Å². The van der Waals surface area contributed by atoms with Crippen LogP contribution in [0.1, 0.15) is 18.9 Å². The maximum absolute atomic E-state index is 4.16. The second kappa shape index (κ2) is 3.32. The maximum Gasteiger partial charge on any atom is 0.0931 e. The second-order valence-electron chi connectivity index (χ2n) is 2.79. The highest BCUT2D eigenvalue weighted by Crippen LogP contribution is 2.10. The van der Waals surface area contributed by atoms with Gasteiger partial charge >= 0.3 is 0 Å². The van der Waals surface area contributed by atoms with Crippen LogP contribution in [0.25, 0.3) is 11.0 Å². The Morgan fingerprint density at radius 2 is 2.38 bits per heavy atom. The van der Waals surface area contributed by atoms with Gasteiger partial charge in [0.25, 0.3) is 0 Å². The summed E-state index contributed by atoms with van der Waals surface area (Å²) in [5, 5.41) is 0. The van der Waals surface area contributed by atoms with Gasteiger partial charge < -0.3 is 4.98 Å². The van der Waals surface area contributed by atoms with E-state index < -0.39 is 0 Å². The lowest BCUT2D eigenvalue weighted by Crippen LogP contribution is -1.74.